The fraction of sp³-hybridized carbons (Fsp3) is 0.412. The zero-order valence-corrected chi connectivity index (χ0v) is 13.1. The minimum atomic E-state index is -1.62. The molecule has 6 nitrogen and oxygen atoms in total. The number of benzene rings is 1. The number of ether oxygens (including phenoxy) is 3. The molecular formula is C17H19NO5. The number of carbonyl (C=O) groups is 2. The van der Waals surface area contributed by atoms with Crippen LogP contribution in [-0.2, 0) is 19.1 Å². The van der Waals surface area contributed by atoms with E-state index >= 15 is 0 Å². The third-order valence-electron chi connectivity index (χ3n) is 3.96. The Hall–Kier alpha value is -2.34. The van der Waals surface area contributed by atoms with Crippen LogP contribution >= 0.6 is 0 Å². The molecule has 122 valence electrons. The van der Waals surface area contributed by atoms with E-state index in [4.69, 9.17) is 14.2 Å². The monoisotopic (exact) mass is 317 g/mol. The number of fused-ring (bicyclic) bond motifs is 3. The average molecular weight is 317 g/mol. The van der Waals surface area contributed by atoms with Crippen molar-refractivity contribution in [2.45, 2.75) is 25.4 Å². The molecule has 3 rings (SSSR count). The number of hydrogen-bond acceptors (Lipinski definition) is 6. The van der Waals surface area contributed by atoms with Crippen molar-refractivity contribution in [1.82, 2.24) is 5.32 Å². The number of para-hydroxylation sites is 1. The smallest absolute Gasteiger partial charge is 0.342 e. The molecule has 2 aliphatic rings. The minimum Gasteiger partial charge on any atom is -0.489 e. The normalized spacial score (nSPS) is 20.6. The first kappa shape index (κ1) is 15.6. The molecule has 0 bridgehead atoms. The standard InChI is InChI=1S/C17H19NO5/c1-3-21-15(19)17(16(20)22-4-2)9-11-10-23-13-8-6-5-7-12(13)14(11)18-17/h5-9,14,18H,3-4,10H2,1-2H3. The van der Waals surface area contributed by atoms with Crippen LogP contribution in [0.1, 0.15) is 25.5 Å². The van der Waals surface area contributed by atoms with E-state index in [0.717, 1.165) is 16.9 Å². The van der Waals surface area contributed by atoms with Crippen molar-refractivity contribution in [2.75, 3.05) is 19.8 Å². The lowest BCUT2D eigenvalue weighted by Gasteiger charge is -2.28. The number of hydrogen-bond donors (Lipinski definition) is 1. The summed E-state index contributed by atoms with van der Waals surface area (Å²) in [5, 5.41) is 3.11. The van der Waals surface area contributed by atoms with Crippen LogP contribution < -0.4 is 10.1 Å². The van der Waals surface area contributed by atoms with E-state index in [9.17, 15) is 9.59 Å². The van der Waals surface area contributed by atoms with Crippen molar-refractivity contribution in [3.63, 3.8) is 0 Å². The number of rotatable bonds is 4. The lowest BCUT2D eigenvalue weighted by atomic mass is 9.97. The summed E-state index contributed by atoms with van der Waals surface area (Å²) >= 11 is 0. The van der Waals surface area contributed by atoms with Crippen LogP contribution in [0.3, 0.4) is 0 Å². The van der Waals surface area contributed by atoms with Crippen LogP contribution in [0.4, 0.5) is 0 Å². The van der Waals surface area contributed by atoms with Crippen molar-refractivity contribution in [2.24, 2.45) is 0 Å². The van der Waals surface area contributed by atoms with Crippen LogP contribution in [0.2, 0.25) is 0 Å². The van der Waals surface area contributed by atoms with Crippen LogP contribution in [0.15, 0.2) is 35.9 Å². The molecule has 2 heterocycles. The van der Waals surface area contributed by atoms with Gasteiger partial charge in [0.1, 0.15) is 12.4 Å². The fourth-order valence-electron chi connectivity index (χ4n) is 2.95. The Morgan fingerprint density at radius 1 is 1.22 bits per heavy atom. The van der Waals surface area contributed by atoms with Crippen LogP contribution in [0, 0.1) is 0 Å². The second-order valence-electron chi connectivity index (χ2n) is 5.37. The van der Waals surface area contributed by atoms with E-state index in [1.54, 1.807) is 19.9 Å². The largest absolute Gasteiger partial charge is 0.489 e. The molecule has 1 aromatic carbocycles. The molecular weight excluding hydrogens is 298 g/mol. The molecule has 0 aliphatic carbocycles. The zero-order chi connectivity index (χ0) is 16.4. The first-order chi connectivity index (χ1) is 11.1. The highest BCUT2D eigenvalue weighted by atomic mass is 16.6. The van der Waals surface area contributed by atoms with Crippen molar-refractivity contribution in [3.8, 4) is 5.75 Å². The van der Waals surface area contributed by atoms with Gasteiger partial charge in [-0.05, 0) is 31.6 Å². The summed E-state index contributed by atoms with van der Waals surface area (Å²) in [7, 11) is 0. The average Bonchev–Trinajstić information content (AvgIpc) is 2.97. The van der Waals surface area contributed by atoms with Gasteiger partial charge in [-0.15, -0.1) is 0 Å². The van der Waals surface area contributed by atoms with E-state index < -0.39 is 17.5 Å². The summed E-state index contributed by atoms with van der Waals surface area (Å²) < 4.78 is 15.9. The van der Waals surface area contributed by atoms with Gasteiger partial charge in [0, 0.05) is 5.56 Å². The second kappa shape index (κ2) is 6.04. The van der Waals surface area contributed by atoms with Crippen LogP contribution in [0.25, 0.3) is 0 Å². The predicted molar refractivity (Wildman–Crippen MR) is 81.9 cm³/mol. The maximum absolute atomic E-state index is 12.5. The van der Waals surface area contributed by atoms with Gasteiger partial charge >= 0.3 is 11.9 Å². The molecule has 0 radical (unpaired) electrons. The highest BCUT2D eigenvalue weighted by Crippen LogP contribution is 2.41. The molecule has 1 N–H and O–H groups in total. The maximum atomic E-state index is 12.5. The van der Waals surface area contributed by atoms with Crippen molar-refractivity contribution < 1.29 is 23.8 Å². The Morgan fingerprint density at radius 2 is 1.87 bits per heavy atom. The first-order valence-corrected chi connectivity index (χ1v) is 7.68. The van der Waals surface area contributed by atoms with E-state index in [1.807, 2.05) is 24.3 Å². The molecule has 0 saturated heterocycles. The molecule has 0 amide bonds. The molecule has 2 aliphatic heterocycles. The molecule has 0 fully saturated rings. The summed E-state index contributed by atoms with van der Waals surface area (Å²) in [5.41, 5.74) is 0.0950. The number of carbonyl (C=O) groups excluding carboxylic acids is 2. The Balaban J connectivity index is 2.00. The highest BCUT2D eigenvalue weighted by molar-refractivity contribution is 6.08. The van der Waals surface area contributed by atoms with E-state index in [0.29, 0.717) is 6.61 Å². The molecule has 6 heteroatoms. The highest BCUT2D eigenvalue weighted by Gasteiger charge is 2.54. The summed E-state index contributed by atoms with van der Waals surface area (Å²) in [6.45, 7) is 4.08. The SMILES string of the molecule is CCOC(=O)C1(C(=O)OCC)C=C2COc3ccccc3C2N1. The number of esters is 2. The van der Waals surface area contributed by atoms with Crippen molar-refractivity contribution in [1.29, 1.82) is 0 Å². The second-order valence-corrected chi connectivity index (χ2v) is 5.37. The van der Waals surface area contributed by atoms with Crippen molar-refractivity contribution in [3.05, 3.63) is 41.5 Å². The Morgan fingerprint density at radius 3 is 2.52 bits per heavy atom. The molecule has 0 aromatic heterocycles. The Kier molecular flexibility index (Phi) is 4.09. The molecule has 1 unspecified atom stereocenters. The lowest BCUT2D eigenvalue weighted by molar-refractivity contribution is -0.162. The molecule has 1 atom stereocenters. The zero-order valence-electron chi connectivity index (χ0n) is 13.1. The summed E-state index contributed by atoms with van der Waals surface area (Å²) in [5.74, 6) is -0.568. The quantitative estimate of drug-likeness (QED) is 0.515. The van der Waals surface area contributed by atoms with Gasteiger partial charge in [-0.3, -0.25) is 5.32 Å². The van der Waals surface area contributed by atoms with Gasteiger partial charge in [0.2, 0.25) is 5.54 Å². The van der Waals surface area contributed by atoms with Gasteiger partial charge in [-0.25, -0.2) is 9.59 Å². The molecule has 1 aromatic rings. The van der Waals surface area contributed by atoms with Crippen LogP contribution in [0.5, 0.6) is 5.75 Å². The molecule has 0 spiro atoms. The van der Waals surface area contributed by atoms with Crippen LogP contribution in [-0.4, -0.2) is 37.3 Å². The maximum Gasteiger partial charge on any atom is 0.342 e. The van der Waals surface area contributed by atoms with Gasteiger partial charge in [0.15, 0.2) is 0 Å². The first-order valence-electron chi connectivity index (χ1n) is 7.68. The van der Waals surface area contributed by atoms with Gasteiger partial charge in [0.05, 0.1) is 19.3 Å². The topological polar surface area (TPSA) is 73.9 Å². The third-order valence-corrected chi connectivity index (χ3v) is 3.96. The Bertz CT molecular complexity index is 649. The van der Waals surface area contributed by atoms with Gasteiger partial charge in [0.25, 0.3) is 0 Å². The van der Waals surface area contributed by atoms with Gasteiger partial charge < -0.3 is 14.2 Å². The third kappa shape index (κ3) is 2.49. The molecule has 23 heavy (non-hydrogen) atoms. The minimum absolute atomic E-state index is 0.183. The Labute approximate surface area is 134 Å². The van der Waals surface area contributed by atoms with E-state index in [1.165, 1.54) is 0 Å². The van der Waals surface area contributed by atoms with E-state index in [2.05, 4.69) is 5.32 Å². The summed E-state index contributed by atoms with van der Waals surface area (Å²) in [6, 6.07) is 7.27. The number of nitrogens with one attached hydrogen (secondary N) is 1. The van der Waals surface area contributed by atoms with E-state index in [-0.39, 0.29) is 19.3 Å². The summed E-state index contributed by atoms with van der Waals surface area (Å²) in [6.07, 6.45) is 1.59. The summed E-state index contributed by atoms with van der Waals surface area (Å²) in [4.78, 5) is 24.9. The predicted octanol–water partition coefficient (Wildman–Crippen LogP) is 1.51. The molecule has 0 saturated carbocycles. The van der Waals surface area contributed by atoms with Gasteiger partial charge in [-0.2, -0.15) is 0 Å². The van der Waals surface area contributed by atoms with Crippen molar-refractivity contribution >= 4 is 11.9 Å². The van der Waals surface area contributed by atoms with Gasteiger partial charge in [-0.1, -0.05) is 18.2 Å². The fourth-order valence-corrected chi connectivity index (χ4v) is 2.95. The lowest BCUT2D eigenvalue weighted by Crippen LogP contribution is -2.56.